The molecule has 0 spiro atoms. The zero-order chi connectivity index (χ0) is 28.7. The highest BCUT2D eigenvalue weighted by atomic mass is 35.5. The van der Waals surface area contributed by atoms with Gasteiger partial charge in [-0.3, -0.25) is 13.9 Å². The minimum absolute atomic E-state index is 0.00835. The van der Waals surface area contributed by atoms with Gasteiger partial charge in [0, 0.05) is 18.1 Å². The van der Waals surface area contributed by atoms with E-state index in [1.807, 2.05) is 58.0 Å². The Kier molecular flexibility index (Phi) is 10.2. The molecule has 208 valence electrons. The smallest absolute Gasteiger partial charge is 0.264 e. The molecule has 0 radical (unpaired) electrons. The molecule has 1 atom stereocenters. The fourth-order valence-electron chi connectivity index (χ4n) is 3.97. The largest absolute Gasteiger partial charge is 0.354 e. The fourth-order valence-corrected chi connectivity index (χ4v) is 5.50. The molecule has 0 aliphatic rings. The van der Waals surface area contributed by atoms with Crippen molar-refractivity contribution in [2.45, 2.75) is 52.1 Å². The number of benzene rings is 3. The van der Waals surface area contributed by atoms with Gasteiger partial charge in [0.15, 0.2) is 0 Å². The van der Waals surface area contributed by atoms with Crippen molar-refractivity contribution in [3.63, 3.8) is 0 Å². The quantitative estimate of drug-likeness (QED) is 0.338. The van der Waals surface area contributed by atoms with Crippen molar-refractivity contribution in [1.29, 1.82) is 0 Å². The van der Waals surface area contributed by atoms with E-state index in [0.29, 0.717) is 17.3 Å². The molecule has 3 aromatic rings. The van der Waals surface area contributed by atoms with E-state index in [9.17, 15) is 18.0 Å². The molecule has 9 heteroatoms. The molecule has 0 aliphatic heterocycles. The van der Waals surface area contributed by atoms with Crippen LogP contribution in [0, 0.1) is 19.8 Å². The monoisotopic (exact) mass is 569 g/mol. The van der Waals surface area contributed by atoms with Crippen molar-refractivity contribution in [3.05, 3.63) is 94.5 Å². The molecule has 2 amide bonds. The Hall–Kier alpha value is -3.36. The van der Waals surface area contributed by atoms with Gasteiger partial charge in [0.25, 0.3) is 10.0 Å². The van der Waals surface area contributed by atoms with Gasteiger partial charge in [-0.15, -0.1) is 0 Å². The molecule has 0 aromatic heterocycles. The first-order valence-corrected chi connectivity index (χ1v) is 14.7. The van der Waals surface area contributed by atoms with Crippen molar-refractivity contribution >= 4 is 39.1 Å². The highest BCUT2D eigenvalue weighted by molar-refractivity contribution is 7.92. The van der Waals surface area contributed by atoms with Gasteiger partial charge in [-0.1, -0.05) is 67.4 Å². The lowest BCUT2D eigenvalue weighted by molar-refractivity contribution is -0.139. The summed E-state index contributed by atoms with van der Waals surface area (Å²) in [4.78, 5) is 28.4. The van der Waals surface area contributed by atoms with E-state index in [1.54, 1.807) is 25.1 Å². The molecule has 3 aromatic carbocycles. The lowest BCUT2D eigenvalue weighted by Crippen LogP contribution is -2.51. The van der Waals surface area contributed by atoms with Crippen molar-refractivity contribution in [2.75, 3.05) is 17.4 Å². The van der Waals surface area contributed by atoms with Gasteiger partial charge in [-0.05, 0) is 74.2 Å². The molecule has 1 unspecified atom stereocenters. The normalized spacial score (nSPS) is 12.2. The van der Waals surface area contributed by atoms with Crippen LogP contribution < -0.4 is 9.62 Å². The van der Waals surface area contributed by atoms with Gasteiger partial charge in [0.2, 0.25) is 11.8 Å². The maximum absolute atomic E-state index is 13.9. The fraction of sp³-hybridized carbons (Fsp3) is 0.333. The third kappa shape index (κ3) is 8.07. The van der Waals surface area contributed by atoms with Crippen LogP contribution in [0.4, 0.5) is 5.69 Å². The van der Waals surface area contributed by atoms with Crippen molar-refractivity contribution in [2.24, 2.45) is 5.92 Å². The maximum atomic E-state index is 13.9. The first-order chi connectivity index (χ1) is 18.4. The third-order valence-corrected chi connectivity index (χ3v) is 8.34. The third-order valence-electron chi connectivity index (χ3n) is 6.30. The predicted molar refractivity (Wildman–Crippen MR) is 156 cm³/mol. The molecule has 0 aliphatic carbocycles. The second kappa shape index (κ2) is 13.1. The SMILES string of the molecule is Cc1ccc(CN(C(=O)CN(c2cccc(C)c2)S(=O)(=O)c2ccc(Cl)cc2)C(C)C(=O)NCC(C)C)cc1. The van der Waals surface area contributed by atoms with Crippen LogP contribution >= 0.6 is 11.6 Å². The summed E-state index contributed by atoms with van der Waals surface area (Å²) >= 11 is 5.99. The zero-order valence-corrected chi connectivity index (χ0v) is 24.6. The number of hydrogen-bond donors (Lipinski definition) is 1. The number of nitrogens with one attached hydrogen (secondary N) is 1. The van der Waals surface area contributed by atoms with Gasteiger partial charge in [-0.25, -0.2) is 8.42 Å². The number of hydrogen-bond acceptors (Lipinski definition) is 4. The standard InChI is InChI=1S/C30H36ClN3O4S/c1-21(2)18-32-30(36)24(5)33(19-25-11-9-22(3)10-12-25)29(35)20-34(27-8-6-7-23(4)17-27)39(37,38)28-15-13-26(31)14-16-28/h6-17,21,24H,18-20H2,1-5H3,(H,32,36). The number of halogens is 1. The molecular formula is C30H36ClN3O4S. The zero-order valence-electron chi connectivity index (χ0n) is 23.0. The maximum Gasteiger partial charge on any atom is 0.264 e. The van der Waals surface area contributed by atoms with E-state index in [4.69, 9.17) is 11.6 Å². The summed E-state index contributed by atoms with van der Waals surface area (Å²) < 4.78 is 28.7. The Morgan fingerprint density at radius 1 is 0.897 bits per heavy atom. The van der Waals surface area contributed by atoms with Crippen LogP contribution in [-0.4, -0.2) is 44.3 Å². The number of amides is 2. The molecule has 3 rings (SSSR count). The number of carbonyl (C=O) groups excluding carboxylic acids is 2. The second-order valence-corrected chi connectivity index (χ2v) is 12.4. The first kappa shape index (κ1) is 30.2. The summed E-state index contributed by atoms with van der Waals surface area (Å²) in [5.74, 6) is -0.558. The molecule has 0 fully saturated rings. The van der Waals surface area contributed by atoms with Crippen LogP contribution in [0.1, 0.15) is 37.5 Å². The molecular weight excluding hydrogens is 534 g/mol. The molecule has 0 saturated heterocycles. The molecule has 0 saturated carbocycles. The van der Waals surface area contributed by atoms with E-state index >= 15 is 0 Å². The van der Waals surface area contributed by atoms with E-state index in [-0.39, 0.29) is 23.3 Å². The first-order valence-electron chi connectivity index (χ1n) is 12.9. The summed E-state index contributed by atoms with van der Waals surface area (Å²) in [5, 5.41) is 3.29. The van der Waals surface area contributed by atoms with Crippen LogP contribution in [-0.2, 0) is 26.2 Å². The summed E-state index contributed by atoms with van der Waals surface area (Å²) in [6.45, 7) is 9.59. The lowest BCUT2D eigenvalue weighted by atomic mass is 10.1. The van der Waals surface area contributed by atoms with E-state index in [2.05, 4.69) is 5.32 Å². The van der Waals surface area contributed by atoms with Gasteiger partial charge in [0.05, 0.1) is 10.6 Å². The van der Waals surface area contributed by atoms with Gasteiger partial charge < -0.3 is 10.2 Å². The number of anilines is 1. The minimum atomic E-state index is -4.14. The Bertz CT molecular complexity index is 1390. The van der Waals surface area contributed by atoms with Crippen LogP contribution in [0.5, 0.6) is 0 Å². The van der Waals surface area contributed by atoms with Crippen LogP contribution in [0.2, 0.25) is 5.02 Å². The van der Waals surface area contributed by atoms with Crippen LogP contribution in [0.15, 0.2) is 77.7 Å². The number of sulfonamides is 1. The molecule has 7 nitrogen and oxygen atoms in total. The Morgan fingerprint density at radius 2 is 1.54 bits per heavy atom. The minimum Gasteiger partial charge on any atom is -0.354 e. The number of carbonyl (C=O) groups is 2. The molecule has 1 N–H and O–H groups in total. The number of nitrogens with zero attached hydrogens (tertiary/aromatic N) is 2. The predicted octanol–water partition coefficient (Wildman–Crippen LogP) is 5.34. The van der Waals surface area contributed by atoms with Crippen molar-refractivity contribution in [1.82, 2.24) is 10.2 Å². The lowest BCUT2D eigenvalue weighted by Gasteiger charge is -2.32. The average Bonchev–Trinajstić information content (AvgIpc) is 2.89. The number of aryl methyl sites for hydroxylation is 2. The average molecular weight is 570 g/mol. The molecule has 39 heavy (non-hydrogen) atoms. The second-order valence-electron chi connectivity index (χ2n) is 10.1. The van der Waals surface area contributed by atoms with Crippen LogP contribution in [0.3, 0.4) is 0 Å². The summed E-state index contributed by atoms with van der Waals surface area (Å²) in [5.41, 5.74) is 3.10. The van der Waals surface area contributed by atoms with Gasteiger partial charge >= 0.3 is 0 Å². The van der Waals surface area contributed by atoms with Crippen molar-refractivity contribution < 1.29 is 18.0 Å². The molecule has 0 heterocycles. The van der Waals surface area contributed by atoms with Gasteiger partial charge in [-0.2, -0.15) is 0 Å². The van der Waals surface area contributed by atoms with E-state index < -0.39 is 28.5 Å². The van der Waals surface area contributed by atoms with E-state index in [1.165, 1.54) is 29.2 Å². The summed E-state index contributed by atoms with van der Waals surface area (Å²) in [6.07, 6.45) is 0. The molecule has 0 bridgehead atoms. The van der Waals surface area contributed by atoms with Gasteiger partial charge in [0.1, 0.15) is 12.6 Å². The number of rotatable bonds is 11. The highest BCUT2D eigenvalue weighted by Crippen LogP contribution is 2.26. The highest BCUT2D eigenvalue weighted by Gasteiger charge is 2.32. The summed E-state index contributed by atoms with van der Waals surface area (Å²) in [7, 11) is -4.14. The topological polar surface area (TPSA) is 86.8 Å². The van der Waals surface area contributed by atoms with E-state index in [0.717, 1.165) is 21.0 Å². The van der Waals surface area contributed by atoms with Crippen LogP contribution in [0.25, 0.3) is 0 Å². The van der Waals surface area contributed by atoms with Crippen molar-refractivity contribution in [3.8, 4) is 0 Å². The Morgan fingerprint density at radius 3 is 2.13 bits per heavy atom. The summed E-state index contributed by atoms with van der Waals surface area (Å²) in [6, 6.07) is 19.6. The Labute approximate surface area is 236 Å². The Balaban J connectivity index is 2.01.